The van der Waals surface area contributed by atoms with Crippen LogP contribution in [0.25, 0.3) is 0 Å². The predicted molar refractivity (Wildman–Crippen MR) is 71.1 cm³/mol. The third kappa shape index (κ3) is 4.23. The average Bonchev–Trinajstić information content (AvgIpc) is 2.24. The summed E-state index contributed by atoms with van der Waals surface area (Å²) in [5.74, 6) is 0.622. The second-order valence-electron chi connectivity index (χ2n) is 2.98. The summed E-state index contributed by atoms with van der Waals surface area (Å²) in [7, 11) is 1.59. The fourth-order valence-electron chi connectivity index (χ4n) is 1.13. The van der Waals surface area contributed by atoms with Crippen LogP contribution in [0.4, 0.5) is 5.69 Å². The van der Waals surface area contributed by atoms with Gasteiger partial charge in [-0.25, -0.2) is 0 Å². The first-order valence-electron chi connectivity index (χ1n) is 5.16. The number of hydrogen-bond donors (Lipinski definition) is 1. The van der Waals surface area contributed by atoms with E-state index >= 15 is 0 Å². The minimum absolute atomic E-state index is 0.0857. The molecule has 1 amide bonds. The van der Waals surface area contributed by atoms with Gasteiger partial charge in [-0.05, 0) is 34.5 Å². The van der Waals surface area contributed by atoms with Crippen LogP contribution in [0.3, 0.4) is 0 Å². The molecule has 1 aromatic rings. The largest absolute Gasteiger partial charge is 0.495 e. The van der Waals surface area contributed by atoms with Gasteiger partial charge in [0.1, 0.15) is 5.75 Å². The molecule has 3 nitrogen and oxygen atoms in total. The Morgan fingerprint density at radius 2 is 1.94 bits per heavy atom. The highest BCUT2D eigenvalue weighted by Crippen LogP contribution is 2.30. The number of hydrogen-bond acceptors (Lipinski definition) is 2. The monoisotopic (exact) mass is 287 g/mol. The van der Waals surface area contributed by atoms with Gasteiger partial charge in [-0.2, -0.15) is 0 Å². The van der Waals surface area contributed by atoms with Crippen molar-refractivity contribution in [2.75, 3.05) is 12.4 Å². The summed E-state index contributed by atoms with van der Waals surface area (Å²) < 4.78 is 6.01. The molecule has 0 saturated carbocycles. The number of methoxy groups -OCH3 is 1. The van der Waals surface area contributed by atoms with Crippen LogP contribution in [-0.4, -0.2) is 13.0 Å². The molecule has 0 spiro atoms. The average molecular weight is 288 g/mol. The molecule has 0 aliphatic heterocycles. The van der Waals surface area contributed by atoms with Crippen molar-refractivity contribution in [2.24, 2.45) is 0 Å². The van der Waals surface area contributed by atoms with Crippen molar-refractivity contribution >= 4 is 27.5 Å². The first kappa shape index (κ1) is 15.0. The zero-order valence-corrected chi connectivity index (χ0v) is 11.9. The fraction of sp³-hybridized carbons (Fsp3) is 0.417. The number of nitrogens with one attached hydrogen (secondary N) is 1. The van der Waals surface area contributed by atoms with E-state index in [0.29, 0.717) is 5.75 Å². The number of carbonyl (C=O) groups is 1. The van der Waals surface area contributed by atoms with Crippen molar-refractivity contribution < 1.29 is 9.53 Å². The Morgan fingerprint density at radius 1 is 1.38 bits per heavy atom. The standard InChI is InChI=1S/C10H12BrNO2.C2H6/c1-6-4-8(11)10(14-3)5-9(6)12-7(2)13;1-2/h4-5H,1-3H3,(H,12,13);1-2H3. The molecule has 4 heteroatoms. The van der Waals surface area contributed by atoms with Gasteiger partial charge in [0.25, 0.3) is 0 Å². The van der Waals surface area contributed by atoms with Crippen LogP contribution in [0, 0.1) is 6.92 Å². The second kappa shape index (κ2) is 7.28. The smallest absolute Gasteiger partial charge is 0.221 e. The number of amides is 1. The van der Waals surface area contributed by atoms with E-state index in [2.05, 4.69) is 21.2 Å². The number of aryl methyl sites for hydroxylation is 1. The van der Waals surface area contributed by atoms with E-state index in [1.807, 2.05) is 26.8 Å². The molecule has 90 valence electrons. The van der Waals surface area contributed by atoms with Crippen molar-refractivity contribution in [3.8, 4) is 5.75 Å². The number of halogens is 1. The third-order valence-corrected chi connectivity index (χ3v) is 2.43. The van der Waals surface area contributed by atoms with Gasteiger partial charge >= 0.3 is 0 Å². The van der Waals surface area contributed by atoms with Crippen LogP contribution in [-0.2, 0) is 4.79 Å². The van der Waals surface area contributed by atoms with Crippen LogP contribution in [0.2, 0.25) is 0 Å². The Bertz CT molecular complexity index is 364. The zero-order chi connectivity index (χ0) is 12.7. The van der Waals surface area contributed by atoms with Gasteiger partial charge in [-0.1, -0.05) is 13.8 Å². The molecule has 0 aromatic heterocycles. The van der Waals surface area contributed by atoms with Gasteiger partial charge in [0, 0.05) is 18.7 Å². The van der Waals surface area contributed by atoms with Crippen molar-refractivity contribution in [3.63, 3.8) is 0 Å². The lowest BCUT2D eigenvalue weighted by molar-refractivity contribution is -0.114. The minimum atomic E-state index is -0.0857. The van der Waals surface area contributed by atoms with E-state index < -0.39 is 0 Å². The van der Waals surface area contributed by atoms with Gasteiger partial charge in [0.05, 0.1) is 11.6 Å². The van der Waals surface area contributed by atoms with Gasteiger partial charge < -0.3 is 10.1 Å². The molecule has 0 fully saturated rings. The maximum atomic E-state index is 10.9. The topological polar surface area (TPSA) is 38.3 Å². The molecule has 0 heterocycles. The molecule has 0 aliphatic rings. The summed E-state index contributed by atoms with van der Waals surface area (Å²) in [6.07, 6.45) is 0. The first-order valence-corrected chi connectivity index (χ1v) is 5.95. The van der Waals surface area contributed by atoms with E-state index in [1.165, 1.54) is 6.92 Å². The van der Waals surface area contributed by atoms with Gasteiger partial charge in [-0.15, -0.1) is 0 Å². The Kier molecular flexibility index (Phi) is 6.81. The van der Waals surface area contributed by atoms with Crippen LogP contribution >= 0.6 is 15.9 Å². The summed E-state index contributed by atoms with van der Waals surface area (Å²) in [6, 6.07) is 3.70. The quantitative estimate of drug-likeness (QED) is 0.900. The molecular formula is C12H18BrNO2. The summed E-state index contributed by atoms with van der Waals surface area (Å²) in [4.78, 5) is 10.9. The number of rotatable bonds is 2. The number of ether oxygens (including phenoxy) is 1. The van der Waals surface area contributed by atoms with Gasteiger partial charge in [-0.3, -0.25) is 4.79 Å². The molecule has 0 radical (unpaired) electrons. The van der Waals surface area contributed by atoms with Crippen LogP contribution in [0.5, 0.6) is 5.75 Å². The molecule has 0 atom stereocenters. The summed E-state index contributed by atoms with van der Waals surface area (Å²) in [5, 5.41) is 2.74. The highest BCUT2D eigenvalue weighted by atomic mass is 79.9. The van der Waals surface area contributed by atoms with Crippen LogP contribution in [0.1, 0.15) is 26.3 Å². The third-order valence-electron chi connectivity index (χ3n) is 1.81. The lowest BCUT2D eigenvalue weighted by Gasteiger charge is -2.10. The maximum absolute atomic E-state index is 10.9. The Morgan fingerprint density at radius 3 is 2.38 bits per heavy atom. The van der Waals surface area contributed by atoms with E-state index in [9.17, 15) is 4.79 Å². The number of benzene rings is 1. The molecule has 1 rings (SSSR count). The highest BCUT2D eigenvalue weighted by Gasteiger charge is 2.06. The summed E-state index contributed by atoms with van der Waals surface area (Å²) >= 11 is 3.37. The van der Waals surface area contributed by atoms with Crippen molar-refractivity contribution in [1.29, 1.82) is 0 Å². The van der Waals surface area contributed by atoms with Crippen molar-refractivity contribution in [3.05, 3.63) is 22.2 Å². The van der Waals surface area contributed by atoms with Crippen molar-refractivity contribution in [1.82, 2.24) is 0 Å². The SMILES string of the molecule is CC.COc1cc(NC(C)=O)c(C)cc1Br. The Hall–Kier alpha value is -1.03. The van der Waals surface area contributed by atoms with Crippen LogP contribution < -0.4 is 10.1 Å². The summed E-state index contributed by atoms with van der Waals surface area (Å²) in [6.45, 7) is 7.41. The zero-order valence-electron chi connectivity index (χ0n) is 10.3. The lowest BCUT2D eigenvalue weighted by Crippen LogP contribution is -2.07. The molecule has 0 aliphatic carbocycles. The Balaban J connectivity index is 0.00000106. The lowest BCUT2D eigenvalue weighted by atomic mass is 10.2. The highest BCUT2D eigenvalue weighted by molar-refractivity contribution is 9.10. The van der Waals surface area contributed by atoms with Gasteiger partial charge in [0.15, 0.2) is 0 Å². The maximum Gasteiger partial charge on any atom is 0.221 e. The molecule has 0 saturated heterocycles. The Labute approximate surface area is 105 Å². The number of carbonyl (C=O) groups excluding carboxylic acids is 1. The van der Waals surface area contributed by atoms with E-state index in [4.69, 9.17) is 4.74 Å². The fourth-order valence-corrected chi connectivity index (χ4v) is 1.75. The van der Waals surface area contributed by atoms with Crippen LogP contribution in [0.15, 0.2) is 16.6 Å². The summed E-state index contributed by atoms with van der Waals surface area (Å²) in [5.41, 5.74) is 1.77. The van der Waals surface area contributed by atoms with E-state index in [1.54, 1.807) is 13.2 Å². The van der Waals surface area contributed by atoms with Crippen molar-refractivity contribution in [2.45, 2.75) is 27.7 Å². The first-order chi connectivity index (χ1) is 7.54. The van der Waals surface area contributed by atoms with E-state index in [0.717, 1.165) is 15.7 Å². The molecule has 16 heavy (non-hydrogen) atoms. The van der Waals surface area contributed by atoms with Gasteiger partial charge in [0.2, 0.25) is 5.91 Å². The second-order valence-corrected chi connectivity index (χ2v) is 3.84. The molecule has 1 N–H and O–H groups in total. The molecule has 1 aromatic carbocycles. The molecular weight excluding hydrogens is 270 g/mol. The minimum Gasteiger partial charge on any atom is -0.495 e. The normalized spacial score (nSPS) is 8.88. The molecule has 0 unspecified atom stereocenters. The number of anilines is 1. The predicted octanol–water partition coefficient (Wildman–Crippen LogP) is 3.75. The molecule has 0 bridgehead atoms. The van der Waals surface area contributed by atoms with E-state index in [-0.39, 0.29) is 5.91 Å².